The molecule has 0 N–H and O–H groups in total. The first-order valence-electron chi connectivity index (χ1n) is 5.68. The van der Waals surface area contributed by atoms with Crippen LogP contribution < -0.4 is 0 Å². The predicted molar refractivity (Wildman–Crippen MR) is 74.0 cm³/mol. The highest BCUT2D eigenvalue weighted by molar-refractivity contribution is 6.31. The molecule has 4 rings (SSSR count). The number of benzene rings is 2. The van der Waals surface area contributed by atoms with Crippen LogP contribution in [-0.4, -0.2) is 4.98 Å². The lowest BCUT2D eigenvalue weighted by Gasteiger charge is -1.95. The Hall–Kier alpha value is -2.06. The molecule has 4 aromatic rings. The minimum Gasteiger partial charge on any atom is -0.456 e. The van der Waals surface area contributed by atoms with Gasteiger partial charge in [0.2, 0.25) is 0 Å². The number of halogens is 1. The van der Waals surface area contributed by atoms with Crippen molar-refractivity contribution in [1.82, 2.24) is 4.98 Å². The normalized spacial score (nSPS) is 11.6. The molecule has 2 aromatic carbocycles. The number of hydrogen-bond acceptors (Lipinski definition) is 2. The van der Waals surface area contributed by atoms with Crippen LogP contribution in [0.3, 0.4) is 0 Å². The fraction of sp³-hybridized carbons (Fsp3) is 0. The fourth-order valence-electron chi connectivity index (χ4n) is 2.32. The highest BCUT2D eigenvalue weighted by atomic mass is 35.5. The first-order valence-corrected chi connectivity index (χ1v) is 6.06. The smallest absolute Gasteiger partial charge is 0.137 e. The van der Waals surface area contributed by atoms with Gasteiger partial charge in [-0.15, -0.1) is 0 Å². The van der Waals surface area contributed by atoms with Crippen molar-refractivity contribution in [3.05, 3.63) is 53.7 Å². The maximum Gasteiger partial charge on any atom is 0.137 e. The molecular formula is C15H8ClNO. The third kappa shape index (κ3) is 1.33. The summed E-state index contributed by atoms with van der Waals surface area (Å²) < 4.78 is 5.82. The molecule has 0 saturated carbocycles. The number of aromatic nitrogens is 1. The van der Waals surface area contributed by atoms with E-state index in [-0.39, 0.29) is 0 Å². The highest BCUT2D eigenvalue weighted by Gasteiger charge is 2.08. The van der Waals surface area contributed by atoms with E-state index in [1.165, 1.54) is 0 Å². The standard InChI is InChI=1S/C15H8ClNO/c16-10-3-4-11-12-6-9-2-1-5-17-13(9)8-15(12)18-14(11)7-10/h1-8H. The van der Waals surface area contributed by atoms with Gasteiger partial charge in [0.1, 0.15) is 11.2 Å². The summed E-state index contributed by atoms with van der Waals surface area (Å²) in [6.07, 6.45) is 1.79. The fourth-order valence-corrected chi connectivity index (χ4v) is 2.48. The van der Waals surface area contributed by atoms with Gasteiger partial charge in [0, 0.05) is 39.5 Å². The topological polar surface area (TPSA) is 26.0 Å². The Bertz CT molecular complexity index is 895. The SMILES string of the molecule is Clc1ccc2c(c1)oc1cc3ncccc3cc12. The second-order valence-electron chi connectivity index (χ2n) is 4.29. The highest BCUT2D eigenvalue weighted by Crippen LogP contribution is 2.32. The van der Waals surface area contributed by atoms with Gasteiger partial charge in [-0.25, -0.2) is 0 Å². The molecule has 0 aliphatic carbocycles. The van der Waals surface area contributed by atoms with Crippen LogP contribution in [-0.2, 0) is 0 Å². The summed E-state index contributed by atoms with van der Waals surface area (Å²) in [5.41, 5.74) is 2.60. The van der Waals surface area contributed by atoms with E-state index in [9.17, 15) is 0 Å². The molecule has 2 aromatic heterocycles. The van der Waals surface area contributed by atoms with Crippen molar-refractivity contribution in [2.24, 2.45) is 0 Å². The number of fused-ring (bicyclic) bond motifs is 4. The Kier molecular flexibility index (Phi) is 1.91. The Labute approximate surface area is 108 Å². The molecule has 0 atom stereocenters. The maximum atomic E-state index is 5.98. The van der Waals surface area contributed by atoms with Crippen molar-refractivity contribution in [2.45, 2.75) is 0 Å². The molecule has 0 aliphatic heterocycles. The third-order valence-corrected chi connectivity index (χ3v) is 3.39. The average molecular weight is 254 g/mol. The number of hydrogen-bond donors (Lipinski definition) is 0. The van der Waals surface area contributed by atoms with Crippen molar-refractivity contribution >= 4 is 44.4 Å². The zero-order chi connectivity index (χ0) is 12.1. The monoisotopic (exact) mass is 253 g/mol. The number of nitrogens with zero attached hydrogens (tertiary/aromatic N) is 1. The molecule has 0 unspecified atom stereocenters. The minimum absolute atomic E-state index is 0.684. The minimum atomic E-state index is 0.684. The van der Waals surface area contributed by atoms with Crippen molar-refractivity contribution in [3.63, 3.8) is 0 Å². The van der Waals surface area contributed by atoms with E-state index < -0.39 is 0 Å². The molecule has 86 valence electrons. The molecule has 0 amide bonds. The number of pyridine rings is 1. The molecule has 0 radical (unpaired) electrons. The van der Waals surface area contributed by atoms with Crippen molar-refractivity contribution in [1.29, 1.82) is 0 Å². The summed E-state index contributed by atoms with van der Waals surface area (Å²) in [6, 6.07) is 13.8. The molecule has 0 aliphatic rings. The first kappa shape index (κ1) is 9.92. The summed E-state index contributed by atoms with van der Waals surface area (Å²) in [5, 5.41) is 3.98. The average Bonchev–Trinajstić information content (AvgIpc) is 2.72. The molecule has 3 heteroatoms. The maximum absolute atomic E-state index is 5.98. The van der Waals surface area contributed by atoms with Crippen LogP contribution in [0.4, 0.5) is 0 Å². The van der Waals surface area contributed by atoms with Crippen molar-refractivity contribution in [2.75, 3.05) is 0 Å². The van der Waals surface area contributed by atoms with Gasteiger partial charge in [0.15, 0.2) is 0 Å². The summed E-state index contributed by atoms with van der Waals surface area (Å²) in [5.74, 6) is 0. The zero-order valence-electron chi connectivity index (χ0n) is 9.35. The summed E-state index contributed by atoms with van der Waals surface area (Å²) in [7, 11) is 0. The third-order valence-electron chi connectivity index (χ3n) is 3.16. The van der Waals surface area contributed by atoms with Gasteiger partial charge in [0.05, 0.1) is 5.52 Å². The molecule has 18 heavy (non-hydrogen) atoms. The molecule has 0 fully saturated rings. The summed E-state index contributed by atoms with van der Waals surface area (Å²) >= 11 is 5.98. The van der Waals surface area contributed by atoms with Crippen molar-refractivity contribution < 1.29 is 4.42 Å². The summed E-state index contributed by atoms with van der Waals surface area (Å²) in [4.78, 5) is 4.33. The largest absolute Gasteiger partial charge is 0.456 e. The Morgan fingerprint density at radius 3 is 2.78 bits per heavy atom. The lowest BCUT2D eigenvalue weighted by molar-refractivity contribution is 0.669. The van der Waals surface area contributed by atoms with E-state index in [1.807, 2.05) is 30.3 Å². The Balaban J connectivity index is 2.23. The first-order chi connectivity index (χ1) is 8.81. The van der Waals surface area contributed by atoms with Gasteiger partial charge in [0.25, 0.3) is 0 Å². The van der Waals surface area contributed by atoms with Gasteiger partial charge in [-0.05, 0) is 24.3 Å². The van der Waals surface area contributed by atoms with E-state index in [1.54, 1.807) is 6.20 Å². The second kappa shape index (κ2) is 3.47. The lowest BCUT2D eigenvalue weighted by atomic mass is 10.1. The van der Waals surface area contributed by atoms with Crippen LogP contribution in [0.5, 0.6) is 0 Å². The zero-order valence-corrected chi connectivity index (χ0v) is 10.1. The number of rotatable bonds is 0. The quantitative estimate of drug-likeness (QED) is 0.450. The second-order valence-corrected chi connectivity index (χ2v) is 4.72. The van der Waals surface area contributed by atoms with Gasteiger partial charge in [-0.1, -0.05) is 17.7 Å². The van der Waals surface area contributed by atoms with Crippen LogP contribution in [0.15, 0.2) is 53.1 Å². The van der Waals surface area contributed by atoms with Crippen molar-refractivity contribution in [3.8, 4) is 0 Å². The van der Waals surface area contributed by atoms with E-state index in [0.29, 0.717) is 5.02 Å². The van der Waals surface area contributed by atoms with E-state index in [0.717, 1.165) is 32.8 Å². The number of furan rings is 1. The van der Waals surface area contributed by atoms with Crippen LogP contribution in [0.25, 0.3) is 32.8 Å². The van der Waals surface area contributed by atoms with Gasteiger partial charge < -0.3 is 4.42 Å². The molecule has 2 heterocycles. The van der Waals surface area contributed by atoms with Crippen LogP contribution in [0, 0.1) is 0 Å². The van der Waals surface area contributed by atoms with Crippen LogP contribution >= 0.6 is 11.6 Å². The Morgan fingerprint density at radius 1 is 0.944 bits per heavy atom. The van der Waals surface area contributed by atoms with Crippen LogP contribution in [0.1, 0.15) is 0 Å². The molecule has 2 nitrogen and oxygen atoms in total. The predicted octanol–water partition coefficient (Wildman–Crippen LogP) is 4.79. The molecular weight excluding hydrogens is 246 g/mol. The Morgan fingerprint density at radius 2 is 1.83 bits per heavy atom. The lowest BCUT2D eigenvalue weighted by Crippen LogP contribution is -1.76. The van der Waals surface area contributed by atoms with Crippen LogP contribution in [0.2, 0.25) is 5.02 Å². The van der Waals surface area contributed by atoms with E-state index in [2.05, 4.69) is 17.1 Å². The van der Waals surface area contributed by atoms with E-state index >= 15 is 0 Å². The van der Waals surface area contributed by atoms with E-state index in [4.69, 9.17) is 16.0 Å². The van der Waals surface area contributed by atoms with Gasteiger partial charge in [-0.2, -0.15) is 0 Å². The molecule has 0 saturated heterocycles. The summed E-state index contributed by atoms with van der Waals surface area (Å²) in [6.45, 7) is 0. The molecule has 0 spiro atoms. The van der Waals surface area contributed by atoms with Gasteiger partial charge >= 0.3 is 0 Å². The molecule has 0 bridgehead atoms. The van der Waals surface area contributed by atoms with Gasteiger partial charge in [-0.3, -0.25) is 4.98 Å².